The molecule has 0 saturated heterocycles. The van der Waals surface area contributed by atoms with Crippen LogP contribution in [0.3, 0.4) is 0 Å². The van der Waals surface area contributed by atoms with Crippen LogP contribution in [0.15, 0.2) is 66.7 Å². The summed E-state index contributed by atoms with van der Waals surface area (Å²) in [5.41, 5.74) is 1.78. The number of ether oxygens (including phenoxy) is 1. The number of anilines is 1. The van der Waals surface area contributed by atoms with Crippen LogP contribution in [0.2, 0.25) is 0 Å². The molecule has 0 bridgehead atoms. The molecule has 0 spiro atoms. The Morgan fingerprint density at radius 3 is 2.28 bits per heavy atom. The van der Waals surface area contributed by atoms with Gasteiger partial charge in [-0.05, 0) is 41.5 Å². The predicted octanol–water partition coefficient (Wildman–Crippen LogP) is 4.29. The summed E-state index contributed by atoms with van der Waals surface area (Å²) >= 11 is 0. The fourth-order valence-electron chi connectivity index (χ4n) is 2.54. The molecule has 0 unspecified atom stereocenters. The molecule has 29 heavy (non-hydrogen) atoms. The molecule has 0 atom stereocenters. The minimum Gasteiger partial charge on any atom is -0.484 e. The monoisotopic (exact) mass is 391 g/mol. The first-order valence-corrected chi connectivity index (χ1v) is 8.43. The summed E-state index contributed by atoms with van der Waals surface area (Å²) < 4.78 is 19.1. The van der Waals surface area contributed by atoms with E-state index in [-0.39, 0.29) is 11.4 Å². The third-order valence-electron chi connectivity index (χ3n) is 4.01. The molecule has 0 aromatic heterocycles. The van der Waals surface area contributed by atoms with Crippen molar-refractivity contribution < 1.29 is 18.8 Å². The number of amides is 1. The lowest BCUT2D eigenvalue weighted by atomic mass is 10.0. The molecule has 3 aromatic carbocycles. The highest BCUT2D eigenvalue weighted by molar-refractivity contribution is 5.92. The molecule has 0 fully saturated rings. The summed E-state index contributed by atoms with van der Waals surface area (Å²) in [4.78, 5) is 22.0. The van der Waals surface area contributed by atoms with Gasteiger partial charge in [-0.3, -0.25) is 14.9 Å². The fourth-order valence-corrected chi connectivity index (χ4v) is 2.54. The minimum atomic E-state index is -0.782. The highest BCUT2D eigenvalue weighted by Crippen LogP contribution is 2.23. The van der Waals surface area contributed by atoms with Gasteiger partial charge >= 0.3 is 0 Å². The van der Waals surface area contributed by atoms with Crippen LogP contribution in [-0.2, 0) is 4.79 Å². The van der Waals surface area contributed by atoms with Crippen molar-refractivity contribution in [2.75, 3.05) is 11.9 Å². The number of halogens is 1. The summed E-state index contributed by atoms with van der Waals surface area (Å²) in [5, 5.41) is 21.8. The van der Waals surface area contributed by atoms with Gasteiger partial charge in [0.25, 0.3) is 11.6 Å². The van der Waals surface area contributed by atoms with Crippen molar-refractivity contribution in [2.45, 2.75) is 0 Å². The maximum absolute atomic E-state index is 13.7. The second kappa shape index (κ2) is 8.63. The van der Waals surface area contributed by atoms with E-state index < -0.39 is 23.3 Å². The van der Waals surface area contributed by atoms with E-state index in [0.717, 1.165) is 29.3 Å². The third kappa shape index (κ3) is 4.93. The van der Waals surface area contributed by atoms with E-state index in [4.69, 9.17) is 10.00 Å². The molecule has 3 rings (SSSR count). The van der Waals surface area contributed by atoms with Crippen LogP contribution in [0.25, 0.3) is 11.1 Å². The van der Waals surface area contributed by atoms with Crippen LogP contribution < -0.4 is 10.1 Å². The summed E-state index contributed by atoms with van der Waals surface area (Å²) in [5.74, 6) is -1.01. The molecular weight excluding hydrogens is 377 g/mol. The molecule has 144 valence electrons. The number of non-ortho nitro benzene ring substituents is 1. The van der Waals surface area contributed by atoms with Gasteiger partial charge in [0.2, 0.25) is 0 Å². The van der Waals surface area contributed by atoms with Crippen LogP contribution >= 0.6 is 0 Å². The topological polar surface area (TPSA) is 105 Å². The highest BCUT2D eigenvalue weighted by atomic mass is 19.1. The second-order valence-electron chi connectivity index (χ2n) is 5.97. The number of benzene rings is 3. The van der Waals surface area contributed by atoms with Crippen molar-refractivity contribution in [2.24, 2.45) is 0 Å². The quantitative estimate of drug-likeness (QED) is 0.498. The molecule has 0 aliphatic carbocycles. The zero-order valence-corrected chi connectivity index (χ0v) is 15.0. The van der Waals surface area contributed by atoms with Crippen LogP contribution in [0, 0.1) is 27.3 Å². The number of nitro groups is 1. The highest BCUT2D eigenvalue weighted by Gasteiger charge is 2.13. The first-order chi connectivity index (χ1) is 14.0. The van der Waals surface area contributed by atoms with E-state index >= 15 is 0 Å². The van der Waals surface area contributed by atoms with E-state index in [9.17, 15) is 19.3 Å². The maximum Gasteiger partial charge on any atom is 0.271 e. The second-order valence-corrected chi connectivity index (χ2v) is 5.97. The number of carbonyl (C=O) groups excluding carboxylic acids is 1. The summed E-state index contributed by atoms with van der Waals surface area (Å²) in [6.07, 6.45) is 0. The SMILES string of the molecule is N#Cc1ccc(-c2ccc(OCC(=O)Nc3cc([N+](=O)[O-])ccc3F)cc2)cc1. The summed E-state index contributed by atoms with van der Waals surface area (Å²) in [6, 6.07) is 19.0. The number of hydrogen-bond donors (Lipinski definition) is 1. The Morgan fingerprint density at radius 2 is 1.69 bits per heavy atom. The third-order valence-corrected chi connectivity index (χ3v) is 4.01. The lowest BCUT2D eigenvalue weighted by Gasteiger charge is -2.09. The molecule has 0 radical (unpaired) electrons. The van der Waals surface area contributed by atoms with Gasteiger partial charge < -0.3 is 10.1 Å². The van der Waals surface area contributed by atoms with Gasteiger partial charge in [-0.2, -0.15) is 5.26 Å². The van der Waals surface area contributed by atoms with E-state index in [2.05, 4.69) is 11.4 Å². The lowest BCUT2D eigenvalue weighted by molar-refractivity contribution is -0.384. The Balaban J connectivity index is 1.60. The first-order valence-electron chi connectivity index (χ1n) is 8.43. The zero-order chi connectivity index (χ0) is 20.8. The number of hydrogen-bond acceptors (Lipinski definition) is 5. The van der Waals surface area contributed by atoms with E-state index in [1.807, 2.05) is 12.1 Å². The van der Waals surface area contributed by atoms with E-state index in [1.54, 1.807) is 36.4 Å². The van der Waals surface area contributed by atoms with Gasteiger partial charge in [-0.25, -0.2) is 4.39 Å². The van der Waals surface area contributed by atoms with Crippen LogP contribution in [0.4, 0.5) is 15.8 Å². The number of rotatable bonds is 6. The smallest absolute Gasteiger partial charge is 0.271 e. The Morgan fingerprint density at radius 1 is 1.07 bits per heavy atom. The summed E-state index contributed by atoms with van der Waals surface area (Å²) in [7, 11) is 0. The van der Waals surface area contributed by atoms with Crippen LogP contribution in [-0.4, -0.2) is 17.4 Å². The van der Waals surface area contributed by atoms with Crippen molar-refractivity contribution in [3.05, 3.63) is 88.2 Å². The molecule has 0 saturated carbocycles. The molecular formula is C21H14FN3O4. The Hall–Kier alpha value is -4.25. The maximum atomic E-state index is 13.7. The molecule has 0 aliphatic heterocycles. The molecule has 7 nitrogen and oxygen atoms in total. The Bertz CT molecular complexity index is 1090. The molecule has 1 amide bonds. The number of carbonyl (C=O) groups is 1. The van der Waals surface area contributed by atoms with Crippen molar-refractivity contribution >= 4 is 17.3 Å². The van der Waals surface area contributed by atoms with Gasteiger partial charge in [0.15, 0.2) is 6.61 Å². The van der Waals surface area contributed by atoms with Gasteiger partial charge in [0.1, 0.15) is 11.6 Å². The number of nitro benzene ring substituents is 1. The van der Waals surface area contributed by atoms with Gasteiger partial charge in [0, 0.05) is 12.1 Å². The number of nitrogens with zero attached hydrogens (tertiary/aromatic N) is 2. The minimum absolute atomic E-state index is 0.288. The normalized spacial score (nSPS) is 10.1. The number of nitrogens with one attached hydrogen (secondary N) is 1. The van der Waals surface area contributed by atoms with E-state index in [0.29, 0.717) is 11.3 Å². The van der Waals surface area contributed by atoms with Crippen molar-refractivity contribution in [1.82, 2.24) is 0 Å². The van der Waals surface area contributed by atoms with Crippen molar-refractivity contribution in [3.8, 4) is 22.9 Å². The standard InChI is InChI=1S/C21H14FN3O4/c22-19-10-7-17(25(27)28)11-20(19)24-21(26)13-29-18-8-5-16(6-9-18)15-3-1-14(12-23)2-4-15/h1-11H,13H2,(H,24,26). The van der Waals surface area contributed by atoms with Crippen molar-refractivity contribution in [1.29, 1.82) is 5.26 Å². The van der Waals surface area contributed by atoms with E-state index in [1.165, 1.54) is 0 Å². The lowest BCUT2D eigenvalue weighted by Crippen LogP contribution is -2.20. The number of nitriles is 1. The summed E-state index contributed by atoms with van der Waals surface area (Å²) in [6.45, 7) is -0.391. The van der Waals surface area contributed by atoms with Crippen LogP contribution in [0.5, 0.6) is 5.75 Å². The van der Waals surface area contributed by atoms with Gasteiger partial charge in [-0.15, -0.1) is 0 Å². The Labute approximate surface area is 165 Å². The van der Waals surface area contributed by atoms with Crippen molar-refractivity contribution in [3.63, 3.8) is 0 Å². The average molecular weight is 391 g/mol. The first kappa shape index (κ1) is 19.5. The molecule has 8 heteroatoms. The average Bonchev–Trinajstić information content (AvgIpc) is 2.74. The molecule has 0 aliphatic rings. The molecule has 0 heterocycles. The predicted molar refractivity (Wildman–Crippen MR) is 104 cm³/mol. The largest absolute Gasteiger partial charge is 0.484 e. The van der Waals surface area contributed by atoms with Gasteiger partial charge in [0.05, 0.1) is 22.2 Å². The Kier molecular flexibility index (Phi) is 5.80. The molecule has 1 N–H and O–H groups in total. The van der Waals surface area contributed by atoms with Gasteiger partial charge in [-0.1, -0.05) is 24.3 Å². The molecule has 3 aromatic rings. The van der Waals surface area contributed by atoms with Crippen LogP contribution in [0.1, 0.15) is 5.56 Å². The zero-order valence-electron chi connectivity index (χ0n) is 15.0. The fraction of sp³-hybridized carbons (Fsp3) is 0.0476.